The Morgan fingerprint density at radius 1 is 0.500 bits per heavy atom. The zero-order chi connectivity index (χ0) is 11.7. The van der Waals surface area contributed by atoms with Crippen LogP contribution in [0.3, 0.4) is 0 Å². The quantitative estimate of drug-likeness (QED) is 0.591. The van der Waals surface area contributed by atoms with Gasteiger partial charge >= 0.3 is 0 Å². The van der Waals surface area contributed by atoms with Gasteiger partial charge in [-0.1, -0.05) is 12.1 Å². The second-order valence-corrected chi connectivity index (χ2v) is 3.34. The SMILES string of the molecule is Oc1cccc(O)c1-c1c(O)cccc1O. The minimum Gasteiger partial charge on any atom is -0.507 e. The molecule has 0 fully saturated rings. The first kappa shape index (κ1) is 10.2. The third-order valence-electron chi connectivity index (χ3n) is 2.29. The highest BCUT2D eigenvalue weighted by Crippen LogP contribution is 2.45. The number of benzene rings is 2. The Labute approximate surface area is 91.7 Å². The molecule has 0 radical (unpaired) electrons. The first-order valence-corrected chi connectivity index (χ1v) is 4.63. The Morgan fingerprint density at radius 2 is 0.750 bits per heavy atom. The lowest BCUT2D eigenvalue weighted by atomic mass is 10.0. The molecule has 2 aromatic rings. The maximum absolute atomic E-state index is 9.61. The molecule has 0 amide bonds. The standard InChI is InChI=1S/C12H10O4/c13-7-3-1-4-8(14)11(7)12-9(15)5-2-6-10(12)16/h1-6,13-16H. The summed E-state index contributed by atoms with van der Waals surface area (Å²) in [6.07, 6.45) is 0. The Balaban J connectivity index is 2.77. The molecule has 0 aliphatic heterocycles. The Kier molecular flexibility index (Phi) is 2.32. The number of hydrogen-bond donors (Lipinski definition) is 4. The summed E-state index contributed by atoms with van der Waals surface area (Å²) in [6, 6.07) is 8.38. The zero-order valence-corrected chi connectivity index (χ0v) is 8.25. The van der Waals surface area contributed by atoms with Gasteiger partial charge in [0.1, 0.15) is 23.0 Å². The van der Waals surface area contributed by atoms with E-state index >= 15 is 0 Å². The summed E-state index contributed by atoms with van der Waals surface area (Å²) in [6.45, 7) is 0. The monoisotopic (exact) mass is 218 g/mol. The molecule has 82 valence electrons. The number of phenols is 4. The van der Waals surface area contributed by atoms with E-state index in [1.165, 1.54) is 36.4 Å². The van der Waals surface area contributed by atoms with Crippen molar-refractivity contribution in [3.05, 3.63) is 36.4 Å². The van der Waals surface area contributed by atoms with E-state index < -0.39 is 0 Å². The van der Waals surface area contributed by atoms with Gasteiger partial charge in [-0.25, -0.2) is 0 Å². The van der Waals surface area contributed by atoms with Crippen molar-refractivity contribution in [1.82, 2.24) is 0 Å². The minimum absolute atomic E-state index is 0.0121. The molecule has 16 heavy (non-hydrogen) atoms. The highest BCUT2D eigenvalue weighted by molar-refractivity contribution is 5.84. The zero-order valence-electron chi connectivity index (χ0n) is 8.25. The number of aromatic hydroxyl groups is 4. The van der Waals surface area contributed by atoms with Gasteiger partial charge in [-0.3, -0.25) is 0 Å². The van der Waals surface area contributed by atoms with Gasteiger partial charge in [-0.05, 0) is 24.3 Å². The van der Waals surface area contributed by atoms with Crippen LogP contribution in [0, 0.1) is 0 Å². The van der Waals surface area contributed by atoms with E-state index in [1.807, 2.05) is 0 Å². The van der Waals surface area contributed by atoms with Crippen LogP contribution < -0.4 is 0 Å². The number of hydrogen-bond acceptors (Lipinski definition) is 4. The fourth-order valence-electron chi connectivity index (χ4n) is 1.57. The number of rotatable bonds is 1. The van der Waals surface area contributed by atoms with E-state index in [4.69, 9.17) is 0 Å². The molecule has 2 aromatic carbocycles. The van der Waals surface area contributed by atoms with E-state index in [1.54, 1.807) is 0 Å². The fraction of sp³-hybridized carbons (Fsp3) is 0. The average molecular weight is 218 g/mol. The third kappa shape index (κ3) is 1.50. The average Bonchev–Trinajstić information content (AvgIpc) is 2.21. The van der Waals surface area contributed by atoms with E-state index in [0.717, 1.165) is 0 Å². The maximum atomic E-state index is 9.61. The van der Waals surface area contributed by atoms with Crippen molar-refractivity contribution < 1.29 is 20.4 Å². The molecule has 0 aromatic heterocycles. The fourth-order valence-corrected chi connectivity index (χ4v) is 1.57. The summed E-state index contributed by atoms with van der Waals surface area (Å²) in [5, 5.41) is 38.4. The molecule has 0 spiro atoms. The maximum Gasteiger partial charge on any atom is 0.127 e. The predicted octanol–water partition coefficient (Wildman–Crippen LogP) is 2.18. The van der Waals surface area contributed by atoms with Gasteiger partial charge in [-0.15, -0.1) is 0 Å². The lowest BCUT2D eigenvalue weighted by Gasteiger charge is -2.10. The van der Waals surface area contributed by atoms with Crippen LogP contribution in [0.25, 0.3) is 11.1 Å². The van der Waals surface area contributed by atoms with E-state index in [9.17, 15) is 20.4 Å². The molecular formula is C12H10O4. The van der Waals surface area contributed by atoms with Crippen molar-refractivity contribution in [3.63, 3.8) is 0 Å². The van der Waals surface area contributed by atoms with Crippen molar-refractivity contribution in [2.45, 2.75) is 0 Å². The predicted molar refractivity (Wildman–Crippen MR) is 58.5 cm³/mol. The molecule has 4 N–H and O–H groups in total. The van der Waals surface area contributed by atoms with Crippen molar-refractivity contribution >= 4 is 0 Å². The van der Waals surface area contributed by atoms with Crippen LogP contribution in [-0.4, -0.2) is 20.4 Å². The number of phenolic OH excluding ortho intramolecular Hbond substituents is 4. The molecule has 0 heterocycles. The Hall–Kier alpha value is -2.36. The molecule has 0 saturated carbocycles. The lowest BCUT2D eigenvalue weighted by molar-refractivity contribution is 0.439. The summed E-state index contributed by atoms with van der Waals surface area (Å²) in [5.41, 5.74) is 0.0243. The largest absolute Gasteiger partial charge is 0.507 e. The summed E-state index contributed by atoms with van der Waals surface area (Å²) in [5.74, 6) is -0.845. The van der Waals surface area contributed by atoms with Gasteiger partial charge in [0.05, 0.1) is 11.1 Å². The molecule has 0 atom stereocenters. The molecule has 0 aliphatic carbocycles. The summed E-state index contributed by atoms with van der Waals surface area (Å²) >= 11 is 0. The van der Waals surface area contributed by atoms with Crippen LogP contribution >= 0.6 is 0 Å². The topological polar surface area (TPSA) is 80.9 Å². The van der Waals surface area contributed by atoms with Crippen LogP contribution in [0.1, 0.15) is 0 Å². The van der Waals surface area contributed by atoms with Crippen LogP contribution in [0.5, 0.6) is 23.0 Å². The second kappa shape index (κ2) is 3.66. The molecule has 0 bridgehead atoms. The smallest absolute Gasteiger partial charge is 0.127 e. The van der Waals surface area contributed by atoms with Gasteiger partial charge in [0.2, 0.25) is 0 Å². The second-order valence-electron chi connectivity index (χ2n) is 3.34. The van der Waals surface area contributed by atoms with Crippen LogP contribution in [0.2, 0.25) is 0 Å². The lowest BCUT2D eigenvalue weighted by Crippen LogP contribution is -1.83. The highest BCUT2D eigenvalue weighted by atomic mass is 16.3. The first-order valence-electron chi connectivity index (χ1n) is 4.63. The molecular weight excluding hydrogens is 208 g/mol. The van der Waals surface area contributed by atoms with E-state index in [0.29, 0.717) is 0 Å². The van der Waals surface area contributed by atoms with Gasteiger partial charge in [0, 0.05) is 0 Å². The van der Waals surface area contributed by atoms with E-state index in [-0.39, 0.29) is 34.1 Å². The van der Waals surface area contributed by atoms with Crippen molar-refractivity contribution in [2.75, 3.05) is 0 Å². The van der Waals surface area contributed by atoms with Gasteiger partial charge in [0.25, 0.3) is 0 Å². The third-order valence-corrected chi connectivity index (χ3v) is 2.29. The summed E-state index contributed by atoms with van der Waals surface area (Å²) < 4.78 is 0. The van der Waals surface area contributed by atoms with Crippen molar-refractivity contribution in [3.8, 4) is 34.1 Å². The molecule has 2 rings (SSSR count). The molecule has 0 aliphatic rings. The van der Waals surface area contributed by atoms with Gasteiger partial charge in [0.15, 0.2) is 0 Å². The summed E-state index contributed by atoms with van der Waals surface area (Å²) in [7, 11) is 0. The van der Waals surface area contributed by atoms with Crippen molar-refractivity contribution in [1.29, 1.82) is 0 Å². The Bertz CT molecular complexity index is 445. The van der Waals surface area contributed by atoms with Crippen LogP contribution in [0.15, 0.2) is 36.4 Å². The van der Waals surface area contributed by atoms with Gasteiger partial charge in [-0.2, -0.15) is 0 Å². The summed E-state index contributed by atoms with van der Waals surface area (Å²) in [4.78, 5) is 0. The van der Waals surface area contributed by atoms with Crippen LogP contribution in [-0.2, 0) is 0 Å². The normalized spacial score (nSPS) is 10.2. The van der Waals surface area contributed by atoms with Gasteiger partial charge < -0.3 is 20.4 Å². The molecule has 0 saturated heterocycles. The van der Waals surface area contributed by atoms with E-state index in [2.05, 4.69) is 0 Å². The molecule has 4 heteroatoms. The molecule has 4 nitrogen and oxygen atoms in total. The first-order chi connectivity index (χ1) is 7.61. The molecule has 0 unspecified atom stereocenters. The minimum atomic E-state index is -0.211. The van der Waals surface area contributed by atoms with Crippen molar-refractivity contribution in [2.24, 2.45) is 0 Å². The Morgan fingerprint density at radius 3 is 1.00 bits per heavy atom. The van der Waals surface area contributed by atoms with Crippen LogP contribution in [0.4, 0.5) is 0 Å². The highest BCUT2D eigenvalue weighted by Gasteiger charge is 2.17.